The van der Waals surface area contributed by atoms with Crippen molar-refractivity contribution in [2.75, 3.05) is 0 Å². The molecule has 0 aliphatic carbocycles. The van der Waals surface area contributed by atoms with E-state index in [1.165, 1.54) is 71.8 Å². The van der Waals surface area contributed by atoms with Crippen molar-refractivity contribution >= 4 is 109 Å². The molecular weight excluding hydrogens is 1760 g/mol. The van der Waals surface area contributed by atoms with Crippen LogP contribution in [-0.4, -0.2) is 33.6 Å². The quantitative estimate of drug-likeness (QED) is 0.0284. The molecule has 0 spiro atoms. The van der Waals surface area contributed by atoms with Gasteiger partial charge in [-0.05, 0) is 144 Å². The molecule has 586 valence electrons. The number of carbonyl (C=O) groups is 1. The van der Waals surface area contributed by atoms with E-state index >= 15 is 0 Å². The van der Waals surface area contributed by atoms with Crippen molar-refractivity contribution in [1.82, 2.24) is 9.97 Å². The Bertz CT molecular complexity index is 5120. The van der Waals surface area contributed by atoms with Crippen molar-refractivity contribution < 1.29 is 158 Å². The van der Waals surface area contributed by atoms with Crippen LogP contribution >= 0.6 is 47.1 Å². The number of aromatic amines is 2. The van der Waals surface area contributed by atoms with Crippen molar-refractivity contribution in [2.45, 2.75) is 0 Å². The van der Waals surface area contributed by atoms with Gasteiger partial charge in [0.15, 0.2) is 0 Å². The zero-order valence-electron chi connectivity index (χ0n) is 66.7. The minimum Gasteiger partial charge on any atom is -1.00 e. The first-order chi connectivity index (χ1) is 57.1. The van der Waals surface area contributed by atoms with Gasteiger partial charge in [0.2, 0.25) is 0 Å². The van der Waals surface area contributed by atoms with Crippen molar-refractivity contribution in [1.29, 1.82) is 0 Å². The second kappa shape index (κ2) is 57.3. The molecule has 0 saturated heterocycles. The number of carbonyl (C=O) groups excluding carboxylic acids is 1. The number of hydrogen-bond donors (Lipinski definition) is 4. The van der Waals surface area contributed by atoms with Gasteiger partial charge in [0.05, 0.1) is 4.47 Å². The Hall–Kier alpha value is -7.99. The second-order valence-corrected chi connectivity index (χ2v) is 38.7. The monoisotopic (exact) mass is 1840 g/mol. The maximum Gasteiger partial charge on any atom is 1.00 e. The normalized spacial score (nSPS) is 10.5. The summed E-state index contributed by atoms with van der Waals surface area (Å²) in [7, 11) is -0.260. The van der Waals surface area contributed by atoms with Gasteiger partial charge in [-0.1, -0.05) is 441 Å². The number of nitrogens with one attached hydrogen (secondary N) is 2. The summed E-state index contributed by atoms with van der Waals surface area (Å²) in [6, 6.07) is 156. The number of benzene rings is 16. The molecule has 4 unspecified atom stereocenters. The van der Waals surface area contributed by atoms with E-state index in [4.69, 9.17) is 20.1 Å². The average Bonchev–Trinajstić information content (AvgIpc) is 1.25. The summed E-state index contributed by atoms with van der Waals surface area (Å²) in [5.74, 6) is -0.407. The molecule has 4 atom stereocenters. The summed E-state index contributed by atoms with van der Waals surface area (Å²) in [5, 5.41) is 33.4. The molecule has 18 aromatic rings. The van der Waals surface area contributed by atoms with Gasteiger partial charge in [-0.3, -0.25) is 4.79 Å². The van der Waals surface area contributed by atoms with Crippen LogP contribution in [0.15, 0.2) is 478 Å². The Kier molecular flexibility index (Phi) is 47.3. The maximum atomic E-state index is 13.9. The SMILES string of the molecule is Fc1cc2cc[nH]c2cc1-c1ccccc1.Fc1cc2cc[nH]c2cc1Br.O=CO[O-].OB(O)c1ccccc1.[H-].[K+].[K+].[Pd].c1ccc(-c2ccccc2)cc1.c1ccc(-c2ccccc2)cc1.c1ccc(-c2ccccc2)cc1.c1ccc(-c2ccccc2)cc1.c1ccc(PP(c2ccccc2)P(Pc2ccccc2)c2ccccc2)cc1. The van der Waals surface area contributed by atoms with Gasteiger partial charge in [-0.2, -0.15) is 0 Å². The number of fused-ring (bicyclic) bond motifs is 2. The first-order valence-electron chi connectivity index (χ1n) is 37.2. The molecule has 0 bridgehead atoms. The van der Waals surface area contributed by atoms with E-state index in [2.05, 4.69) is 346 Å². The molecule has 119 heavy (non-hydrogen) atoms. The number of rotatable bonds is 14. The number of aromatic nitrogens is 2. The van der Waals surface area contributed by atoms with Crippen LogP contribution in [0.3, 0.4) is 0 Å². The first-order valence-corrected chi connectivity index (χ1v) is 45.1. The zero-order chi connectivity index (χ0) is 80.8. The van der Waals surface area contributed by atoms with Crippen LogP contribution in [0.25, 0.3) is 77.4 Å². The molecule has 0 saturated carbocycles. The van der Waals surface area contributed by atoms with Crippen LogP contribution < -0.4 is 135 Å². The molecule has 2 heterocycles. The van der Waals surface area contributed by atoms with Gasteiger partial charge in [0, 0.05) is 60.2 Å². The smallest absolute Gasteiger partial charge is 1.00 e. The average molecular weight is 1850 g/mol. The second-order valence-electron chi connectivity index (χ2n) is 25.2. The predicted octanol–water partition coefficient (Wildman–Crippen LogP) is 18.7. The third kappa shape index (κ3) is 34.5. The van der Waals surface area contributed by atoms with E-state index < -0.39 is 7.12 Å². The molecule has 2 aromatic heterocycles. The van der Waals surface area contributed by atoms with Crippen LogP contribution in [0.5, 0.6) is 0 Å². The zero-order valence-corrected chi connectivity index (χ0v) is 78.8. The van der Waals surface area contributed by atoms with Crippen LogP contribution in [0.1, 0.15) is 1.43 Å². The first kappa shape index (κ1) is 98.1. The number of halogens is 3. The van der Waals surface area contributed by atoms with E-state index in [1.807, 2.05) is 109 Å². The molecule has 7 nitrogen and oxygen atoms in total. The van der Waals surface area contributed by atoms with E-state index in [0.717, 1.165) is 43.9 Å². The van der Waals surface area contributed by atoms with Crippen molar-refractivity contribution in [3.63, 3.8) is 0 Å². The van der Waals surface area contributed by atoms with E-state index in [9.17, 15) is 8.78 Å². The molecular formula is C101H86BBrF2K2N2O5P4Pd. The summed E-state index contributed by atoms with van der Waals surface area (Å²) in [5.41, 5.74) is 14.2. The van der Waals surface area contributed by atoms with Gasteiger partial charge in [-0.15, -0.1) is 0 Å². The standard InChI is InChI=1S/C24H22P4.C14H10FN.4C12H10.C8H5BrFN.C6H7BO2.CH2O3.2K.Pd.H/c1-5-13-21(14-6-1)25-27(23-17-9-3-10-18-23)28(24-19-11-4-12-20-24)26-22-15-7-2-8-16-22;15-13-8-11-6-7-16-14(11)9-12(13)10-4-2-1-3-5-10;4*1-3-7-11(8-4-1)12-9-5-2-6-10-12;9-6-4-8-5(1-2-11-8)3-7(6)10;8-7(9)6-4-2-1-3-5-6;2-1-4-3;;;;/h1-20,25-26H;1-9,16H;4*1-10H;1-4,11H;1-5,8-9H;1,3H;;;;/q;;;;;;;;;2*+1;;-1/p-1. The number of H-pyrrole nitrogens is 2. The van der Waals surface area contributed by atoms with E-state index in [1.54, 1.807) is 42.6 Å². The van der Waals surface area contributed by atoms with Gasteiger partial charge >= 0.3 is 110 Å². The number of hydrogen-bond acceptors (Lipinski definition) is 5. The summed E-state index contributed by atoms with van der Waals surface area (Å²) < 4.78 is 27.2. The minimum atomic E-state index is -1.34. The van der Waals surface area contributed by atoms with Crippen molar-refractivity contribution in [2.24, 2.45) is 0 Å². The van der Waals surface area contributed by atoms with Gasteiger partial charge < -0.3 is 31.6 Å². The van der Waals surface area contributed by atoms with Gasteiger partial charge in [0.1, 0.15) is 11.6 Å². The summed E-state index contributed by atoms with van der Waals surface area (Å²) >= 11 is 3.11. The Morgan fingerprint density at radius 2 is 0.563 bits per heavy atom. The van der Waals surface area contributed by atoms with Gasteiger partial charge in [-0.25, -0.2) is 8.78 Å². The molecule has 0 aliphatic rings. The minimum absolute atomic E-state index is 0. The van der Waals surface area contributed by atoms with Crippen LogP contribution in [-0.2, 0) is 30.1 Å². The van der Waals surface area contributed by atoms with Crippen LogP contribution in [0.4, 0.5) is 8.78 Å². The molecule has 18 rings (SSSR count). The molecule has 0 radical (unpaired) electrons. The Morgan fingerprint density at radius 3 is 0.815 bits per heavy atom. The molecule has 4 N–H and O–H groups in total. The summed E-state index contributed by atoms with van der Waals surface area (Å²) in [4.78, 5) is 17.3. The Morgan fingerprint density at radius 1 is 0.336 bits per heavy atom. The Labute approximate surface area is 812 Å². The largest absolute Gasteiger partial charge is 1.00 e. The van der Waals surface area contributed by atoms with Crippen molar-refractivity contribution in [3.8, 4) is 55.6 Å². The third-order valence-corrected chi connectivity index (χ3v) is 35.5. The van der Waals surface area contributed by atoms with Gasteiger partial charge in [0.25, 0.3) is 6.47 Å². The topological polar surface area (TPSA) is 121 Å². The fourth-order valence-electron chi connectivity index (χ4n) is 11.5. The molecule has 0 fully saturated rings. The van der Waals surface area contributed by atoms with E-state index in [0.29, 0.717) is 15.5 Å². The molecule has 16 aromatic carbocycles. The fourth-order valence-corrected chi connectivity index (χ4v) is 30.3. The molecule has 0 amide bonds. The molecule has 0 aliphatic heterocycles. The van der Waals surface area contributed by atoms with Crippen molar-refractivity contribution in [3.05, 3.63) is 490 Å². The summed E-state index contributed by atoms with van der Waals surface area (Å²) in [6.07, 6.45) is 3.61. The summed E-state index contributed by atoms with van der Waals surface area (Å²) in [6.45, 7) is -0.181. The van der Waals surface area contributed by atoms with Crippen LogP contribution in [0.2, 0.25) is 0 Å². The molecule has 18 heteroatoms. The van der Waals surface area contributed by atoms with E-state index in [-0.39, 0.29) is 157 Å². The maximum absolute atomic E-state index is 13.9. The predicted molar refractivity (Wildman–Crippen MR) is 496 cm³/mol. The Balaban J connectivity index is 0.000000216. The third-order valence-electron chi connectivity index (χ3n) is 17.2. The van der Waals surface area contributed by atoms with Crippen LogP contribution in [0, 0.1) is 11.6 Å². The fraction of sp³-hybridized carbons (Fsp3) is 0.